The van der Waals surface area contributed by atoms with Crippen molar-refractivity contribution in [2.24, 2.45) is 11.7 Å². The van der Waals surface area contributed by atoms with E-state index in [0.29, 0.717) is 23.8 Å². The number of aryl methyl sites for hydroxylation is 1. The molecule has 9 nitrogen and oxygen atoms in total. The second-order valence-corrected chi connectivity index (χ2v) is 12.4. The summed E-state index contributed by atoms with van der Waals surface area (Å²) in [5.41, 5.74) is 14.5. The first-order valence-corrected chi connectivity index (χ1v) is 15.2. The van der Waals surface area contributed by atoms with Crippen molar-refractivity contribution in [3.8, 4) is 28.3 Å². The Morgan fingerprint density at radius 2 is 2.02 bits per heavy atom. The Labute approximate surface area is 253 Å². The summed E-state index contributed by atoms with van der Waals surface area (Å²) in [6, 6.07) is 16.4. The van der Waals surface area contributed by atoms with Crippen molar-refractivity contribution in [1.29, 1.82) is 0 Å². The molecule has 1 saturated carbocycles. The number of aromatic amines is 1. The number of hydrogen-bond acceptors (Lipinski definition) is 5. The first-order chi connectivity index (χ1) is 21.4. The normalized spacial score (nSPS) is 19.0. The van der Waals surface area contributed by atoms with Crippen LogP contribution in [0.25, 0.3) is 49.8 Å². The van der Waals surface area contributed by atoms with Crippen molar-refractivity contribution in [3.63, 3.8) is 0 Å². The van der Waals surface area contributed by atoms with Gasteiger partial charge in [-0.25, -0.2) is 8.91 Å². The Bertz CT molecular complexity index is 2060. The summed E-state index contributed by atoms with van der Waals surface area (Å²) in [4.78, 5) is 15.0. The number of rotatable bonds is 6. The number of likely N-dealkylation sites (tertiary alicyclic amines) is 1. The number of nitrogens with zero attached hydrogens (tertiary/aromatic N) is 5. The molecule has 1 aliphatic carbocycles. The summed E-state index contributed by atoms with van der Waals surface area (Å²) < 4.78 is 24.2. The summed E-state index contributed by atoms with van der Waals surface area (Å²) in [5, 5.41) is 14.6. The number of pyridine rings is 1. The van der Waals surface area contributed by atoms with Crippen LogP contribution in [0, 0.1) is 12.8 Å². The van der Waals surface area contributed by atoms with Gasteiger partial charge >= 0.3 is 0 Å². The van der Waals surface area contributed by atoms with Crippen LogP contribution in [-0.2, 0) is 6.54 Å². The Kier molecular flexibility index (Phi) is 6.23. The van der Waals surface area contributed by atoms with Crippen LogP contribution in [0.3, 0.4) is 0 Å². The minimum absolute atomic E-state index is 0.0363. The molecule has 10 heteroatoms. The highest BCUT2D eigenvalue weighted by Crippen LogP contribution is 2.40. The van der Waals surface area contributed by atoms with Gasteiger partial charge in [-0.05, 0) is 67.5 Å². The molecule has 0 bridgehead atoms. The predicted octanol–water partition coefficient (Wildman–Crippen LogP) is 5.74. The molecule has 2 aromatic carbocycles. The third kappa shape index (κ3) is 4.43. The lowest BCUT2D eigenvalue weighted by Gasteiger charge is -2.33. The van der Waals surface area contributed by atoms with Crippen LogP contribution in [0.2, 0.25) is 0 Å². The molecule has 4 aromatic heterocycles. The predicted molar refractivity (Wildman–Crippen MR) is 169 cm³/mol. The van der Waals surface area contributed by atoms with Gasteiger partial charge in [0.25, 0.3) is 5.91 Å². The summed E-state index contributed by atoms with van der Waals surface area (Å²) in [5.74, 6) is 0.905. The molecule has 1 aliphatic heterocycles. The van der Waals surface area contributed by atoms with Gasteiger partial charge in [0.05, 0.1) is 36.6 Å². The molecule has 1 amide bonds. The van der Waals surface area contributed by atoms with Crippen LogP contribution < -0.4 is 10.5 Å². The summed E-state index contributed by atoms with van der Waals surface area (Å²) in [6.45, 7) is 3.31. The lowest BCUT2D eigenvalue weighted by molar-refractivity contribution is 0.0606. The van der Waals surface area contributed by atoms with E-state index < -0.39 is 6.17 Å². The molecule has 2 fully saturated rings. The van der Waals surface area contributed by atoms with Gasteiger partial charge in [0.2, 0.25) is 0 Å². The minimum atomic E-state index is -1.13. The molecule has 1 saturated heterocycles. The molecule has 2 aliphatic rings. The van der Waals surface area contributed by atoms with Crippen LogP contribution in [0.1, 0.15) is 35.2 Å². The monoisotopic (exact) mass is 591 g/mol. The second-order valence-electron chi connectivity index (χ2n) is 12.4. The quantitative estimate of drug-likeness (QED) is 0.257. The van der Waals surface area contributed by atoms with Gasteiger partial charge in [0.1, 0.15) is 23.1 Å². The number of amides is 1. The van der Waals surface area contributed by atoms with E-state index in [1.165, 1.54) is 17.7 Å². The van der Waals surface area contributed by atoms with Crippen molar-refractivity contribution in [2.75, 3.05) is 20.2 Å². The number of halogens is 1. The largest absolute Gasteiger partial charge is 0.494 e. The van der Waals surface area contributed by atoms with Crippen LogP contribution in [-0.4, -0.2) is 67.6 Å². The van der Waals surface area contributed by atoms with Crippen molar-refractivity contribution in [2.45, 2.75) is 44.9 Å². The van der Waals surface area contributed by atoms with Crippen LogP contribution >= 0.6 is 0 Å². The lowest BCUT2D eigenvalue weighted by Crippen LogP contribution is -2.50. The molecule has 44 heavy (non-hydrogen) atoms. The van der Waals surface area contributed by atoms with Crippen molar-refractivity contribution >= 4 is 33.2 Å². The average Bonchev–Trinajstić information content (AvgIpc) is 3.43. The molecule has 2 atom stereocenters. The number of carbonyl (C=O) groups is 1. The van der Waals surface area contributed by atoms with Crippen molar-refractivity contribution in [1.82, 2.24) is 29.3 Å². The van der Waals surface area contributed by atoms with E-state index >= 15 is 0 Å². The van der Waals surface area contributed by atoms with E-state index in [2.05, 4.69) is 51.2 Å². The number of nitrogens with one attached hydrogen (secondary N) is 1. The maximum atomic E-state index is 14.3. The van der Waals surface area contributed by atoms with Crippen LogP contribution in [0.5, 0.6) is 5.75 Å². The fourth-order valence-corrected chi connectivity index (χ4v) is 6.82. The van der Waals surface area contributed by atoms with Crippen molar-refractivity contribution in [3.05, 3.63) is 72.1 Å². The molecule has 5 heterocycles. The van der Waals surface area contributed by atoms with Crippen LogP contribution in [0.4, 0.5) is 4.39 Å². The number of H-pyrrole nitrogens is 1. The fraction of sp³-hybridized carbons (Fsp3) is 0.324. The number of methoxy groups -OCH3 is 1. The molecular formula is C34H34FN7O2. The SMILES string of the molecule is COc1cc(C(=O)N2C[C@H](N)C[C@@H](F)C2)cn2nc(-c3cc4ccc(-c5cccc6[nH]ncc56)cc4n3CC3CC3)c(C)c12. The smallest absolute Gasteiger partial charge is 0.255 e. The molecule has 6 aromatic rings. The van der Waals surface area contributed by atoms with E-state index in [9.17, 15) is 9.18 Å². The number of alkyl halides is 1. The number of benzene rings is 2. The number of fused-ring (bicyclic) bond motifs is 3. The minimum Gasteiger partial charge on any atom is -0.494 e. The van der Waals surface area contributed by atoms with E-state index in [1.807, 2.05) is 19.2 Å². The average molecular weight is 592 g/mol. The highest BCUT2D eigenvalue weighted by Gasteiger charge is 2.30. The molecule has 8 rings (SSSR count). The third-order valence-electron chi connectivity index (χ3n) is 9.19. The van der Waals surface area contributed by atoms with Gasteiger partial charge in [0.15, 0.2) is 0 Å². The molecule has 3 N–H and O–H groups in total. The van der Waals surface area contributed by atoms with Gasteiger partial charge in [-0.1, -0.05) is 24.3 Å². The Morgan fingerprint density at radius 3 is 2.82 bits per heavy atom. The molecular weight excluding hydrogens is 557 g/mol. The summed E-state index contributed by atoms with van der Waals surface area (Å²) >= 11 is 0. The number of ether oxygens (including phenoxy) is 1. The number of aromatic nitrogens is 5. The third-order valence-corrected chi connectivity index (χ3v) is 9.19. The van der Waals surface area contributed by atoms with Crippen LogP contribution in [0.15, 0.2) is 60.9 Å². The zero-order valence-electron chi connectivity index (χ0n) is 24.8. The van der Waals surface area contributed by atoms with Gasteiger partial charge in [0, 0.05) is 47.2 Å². The second kappa shape index (κ2) is 10.2. The first-order valence-electron chi connectivity index (χ1n) is 15.2. The van der Waals surface area contributed by atoms with Gasteiger partial charge < -0.3 is 19.9 Å². The molecule has 0 spiro atoms. The Morgan fingerprint density at radius 1 is 1.16 bits per heavy atom. The molecule has 0 unspecified atom stereocenters. The van der Waals surface area contributed by atoms with Crippen molar-refractivity contribution < 1.29 is 13.9 Å². The molecule has 224 valence electrons. The zero-order valence-corrected chi connectivity index (χ0v) is 24.8. The van der Waals surface area contributed by atoms with Gasteiger partial charge in [-0.2, -0.15) is 10.2 Å². The van der Waals surface area contributed by atoms with E-state index in [1.54, 1.807) is 23.9 Å². The number of carbonyl (C=O) groups excluding carboxylic acids is 1. The van der Waals surface area contributed by atoms with E-state index in [0.717, 1.165) is 61.9 Å². The Hall–Kier alpha value is -4.70. The maximum absolute atomic E-state index is 14.3. The lowest BCUT2D eigenvalue weighted by atomic mass is 10.0. The number of hydrogen-bond donors (Lipinski definition) is 2. The van der Waals surface area contributed by atoms with Gasteiger partial charge in [-0.15, -0.1) is 0 Å². The van der Waals surface area contributed by atoms with E-state index in [-0.39, 0.29) is 24.9 Å². The Balaban J connectivity index is 1.25. The van der Waals surface area contributed by atoms with E-state index in [4.69, 9.17) is 15.6 Å². The number of piperidine rings is 1. The maximum Gasteiger partial charge on any atom is 0.255 e. The van der Waals surface area contributed by atoms with Gasteiger partial charge in [-0.3, -0.25) is 9.89 Å². The fourth-order valence-electron chi connectivity index (χ4n) is 6.82. The standard InChI is InChI=1S/C34H34FN7O2/c1-19-32(39-42-16-23(12-31(44-2)33(19)42)34(43)40-17-24(35)13-25(36)18-40)30-11-22-9-8-21(10-29(22)41(30)15-20-6-7-20)26-4-3-5-28-27(26)14-37-38-28/h3-5,8-12,14,16,20,24-25H,6-7,13,15,17-18,36H2,1-2H3,(H,37,38)/t24-,25-/m1/s1. The molecule has 0 radical (unpaired) electrons. The summed E-state index contributed by atoms with van der Waals surface area (Å²) in [6.07, 6.45) is 5.18. The first kappa shape index (κ1) is 26.9. The zero-order chi connectivity index (χ0) is 30.1. The highest BCUT2D eigenvalue weighted by atomic mass is 19.1. The summed E-state index contributed by atoms with van der Waals surface area (Å²) in [7, 11) is 1.59. The highest BCUT2D eigenvalue weighted by molar-refractivity contribution is 5.98. The topological polar surface area (TPSA) is 106 Å². The number of nitrogens with two attached hydrogens (primary N) is 1.